The first-order chi connectivity index (χ1) is 7.01. The molecule has 15 heavy (non-hydrogen) atoms. The summed E-state index contributed by atoms with van der Waals surface area (Å²) in [6, 6.07) is 0.870. The predicted octanol–water partition coefficient (Wildman–Crippen LogP) is -0.248. The summed E-state index contributed by atoms with van der Waals surface area (Å²) in [5, 5.41) is 19.6. The molecule has 0 saturated heterocycles. The zero-order chi connectivity index (χ0) is 11.8. The van der Waals surface area contributed by atoms with Crippen molar-refractivity contribution in [2.75, 3.05) is 13.7 Å². The first kappa shape index (κ1) is 13.4. The molecule has 6 heteroatoms. The summed E-state index contributed by atoms with van der Waals surface area (Å²) in [6.07, 6.45) is 0.0846. The topological polar surface area (TPSA) is 99.4 Å². The molecule has 6 nitrogen and oxygen atoms in total. The van der Waals surface area contributed by atoms with Gasteiger partial charge < -0.3 is 15.2 Å². The van der Waals surface area contributed by atoms with Crippen LogP contribution in [0.1, 0.15) is 13.3 Å². The van der Waals surface area contributed by atoms with Crippen molar-refractivity contribution < 1.29 is 19.4 Å². The van der Waals surface area contributed by atoms with Gasteiger partial charge in [-0.15, -0.1) is 0 Å². The molecular formula is C9H14N2O4. The molecule has 0 radical (unpaired) electrons. The minimum Gasteiger partial charge on any atom is -0.480 e. The summed E-state index contributed by atoms with van der Waals surface area (Å²) in [4.78, 5) is 21.8. The molecule has 84 valence electrons. The number of hydrogen-bond donors (Lipinski definition) is 2. The van der Waals surface area contributed by atoms with Gasteiger partial charge in [-0.05, 0) is 13.3 Å². The molecule has 0 bridgehead atoms. The number of ether oxygens (including phenoxy) is 1. The fourth-order valence-electron chi connectivity index (χ4n) is 0.995. The van der Waals surface area contributed by atoms with Crippen LogP contribution < -0.4 is 5.32 Å². The normalized spacial score (nSPS) is 13.7. The molecule has 0 aromatic carbocycles. The van der Waals surface area contributed by atoms with Crippen molar-refractivity contribution >= 4 is 11.9 Å². The Labute approximate surface area is 87.8 Å². The predicted molar refractivity (Wildman–Crippen MR) is 50.8 cm³/mol. The number of nitrogens with one attached hydrogen (secondary N) is 1. The van der Waals surface area contributed by atoms with E-state index >= 15 is 0 Å². The highest BCUT2D eigenvalue weighted by Gasteiger charge is 2.22. The molecule has 0 aliphatic rings. The van der Waals surface area contributed by atoms with Crippen LogP contribution in [0.4, 0.5) is 0 Å². The molecule has 0 aliphatic heterocycles. The molecular weight excluding hydrogens is 200 g/mol. The summed E-state index contributed by atoms with van der Waals surface area (Å²) < 4.78 is 4.55. The van der Waals surface area contributed by atoms with Crippen molar-refractivity contribution in [1.82, 2.24) is 5.32 Å². The van der Waals surface area contributed by atoms with Crippen molar-refractivity contribution in [3.63, 3.8) is 0 Å². The number of carbonyl (C=O) groups is 2. The summed E-state index contributed by atoms with van der Waals surface area (Å²) in [5.74, 6) is -2.08. The maximum Gasteiger partial charge on any atom is 0.326 e. The molecule has 0 heterocycles. The Bertz CT molecular complexity index is 272. The van der Waals surface area contributed by atoms with Gasteiger partial charge in [0.1, 0.15) is 12.6 Å². The zero-order valence-electron chi connectivity index (χ0n) is 8.69. The van der Waals surface area contributed by atoms with Gasteiger partial charge in [0, 0.05) is 13.0 Å². The number of amides is 1. The Hall–Kier alpha value is -1.61. The summed E-state index contributed by atoms with van der Waals surface area (Å²) in [5.41, 5.74) is 0. The van der Waals surface area contributed by atoms with E-state index in [0.29, 0.717) is 0 Å². The molecule has 0 aromatic heterocycles. The molecule has 0 fully saturated rings. The lowest BCUT2D eigenvalue weighted by Crippen LogP contribution is -2.43. The lowest BCUT2D eigenvalue weighted by atomic mass is 10.0. The maximum absolute atomic E-state index is 11.0. The number of rotatable bonds is 6. The SMILES string of the molecule is COCC(=O)N[C@@H](C[C@@H](C)C#N)C(=O)O. The first-order valence-corrected chi connectivity index (χ1v) is 4.42. The number of aliphatic carboxylic acids is 1. The van der Waals surface area contributed by atoms with Crippen LogP contribution >= 0.6 is 0 Å². The van der Waals surface area contributed by atoms with Crippen LogP contribution in [-0.4, -0.2) is 36.7 Å². The molecule has 2 N–H and O–H groups in total. The Kier molecular flexibility index (Phi) is 6.06. The van der Waals surface area contributed by atoms with E-state index in [4.69, 9.17) is 10.4 Å². The Balaban J connectivity index is 4.23. The van der Waals surface area contributed by atoms with Crippen molar-refractivity contribution in [2.45, 2.75) is 19.4 Å². The minimum absolute atomic E-state index is 0.0846. The molecule has 0 aromatic rings. The molecule has 0 unspecified atom stereocenters. The first-order valence-electron chi connectivity index (χ1n) is 4.42. The van der Waals surface area contributed by atoms with Crippen molar-refractivity contribution in [2.24, 2.45) is 5.92 Å². The van der Waals surface area contributed by atoms with E-state index in [2.05, 4.69) is 10.1 Å². The van der Waals surface area contributed by atoms with Crippen molar-refractivity contribution in [3.05, 3.63) is 0 Å². The highest BCUT2D eigenvalue weighted by atomic mass is 16.5. The van der Waals surface area contributed by atoms with Crippen LogP contribution in [0.25, 0.3) is 0 Å². The van der Waals surface area contributed by atoms with Gasteiger partial charge in [0.15, 0.2) is 0 Å². The molecule has 2 atom stereocenters. The molecule has 0 spiro atoms. The smallest absolute Gasteiger partial charge is 0.326 e. The molecule has 0 rings (SSSR count). The standard InChI is InChI=1S/C9H14N2O4/c1-6(4-10)3-7(9(13)14)11-8(12)5-15-2/h6-7H,3,5H2,1-2H3,(H,11,12)(H,13,14)/t6-,7+/m1/s1. The Morgan fingerprint density at radius 3 is 2.60 bits per heavy atom. The van der Waals surface area contributed by atoms with Gasteiger partial charge in [-0.3, -0.25) is 4.79 Å². The third-order valence-electron chi connectivity index (χ3n) is 1.72. The van der Waals surface area contributed by atoms with E-state index < -0.39 is 23.8 Å². The average molecular weight is 214 g/mol. The van der Waals surface area contributed by atoms with E-state index in [1.54, 1.807) is 6.92 Å². The summed E-state index contributed by atoms with van der Waals surface area (Å²) in [6.45, 7) is 1.41. The second kappa shape index (κ2) is 6.79. The van der Waals surface area contributed by atoms with Crippen LogP contribution in [0.3, 0.4) is 0 Å². The van der Waals surface area contributed by atoms with E-state index in [-0.39, 0.29) is 13.0 Å². The van der Waals surface area contributed by atoms with Gasteiger partial charge in [-0.1, -0.05) is 0 Å². The summed E-state index contributed by atoms with van der Waals surface area (Å²) >= 11 is 0. The molecule has 1 amide bonds. The van der Waals surface area contributed by atoms with Crippen molar-refractivity contribution in [1.29, 1.82) is 5.26 Å². The van der Waals surface area contributed by atoms with Gasteiger partial charge in [0.2, 0.25) is 5.91 Å². The highest BCUT2D eigenvalue weighted by molar-refractivity contribution is 5.84. The van der Waals surface area contributed by atoms with E-state index in [1.807, 2.05) is 6.07 Å². The van der Waals surface area contributed by atoms with Gasteiger partial charge in [-0.2, -0.15) is 5.26 Å². The Morgan fingerprint density at radius 2 is 2.20 bits per heavy atom. The van der Waals surface area contributed by atoms with Crippen LogP contribution in [-0.2, 0) is 14.3 Å². The third kappa shape index (κ3) is 5.65. The number of nitriles is 1. The van der Waals surface area contributed by atoms with Crippen LogP contribution in [0, 0.1) is 17.2 Å². The largest absolute Gasteiger partial charge is 0.480 e. The molecule has 0 aliphatic carbocycles. The summed E-state index contributed by atoms with van der Waals surface area (Å²) in [7, 11) is 1.34. The lowest BCUT2D eigenvalue weighted by molar-refractivity contribution is -0.142. The fourth-order valence-corrected chi connectivity index (χ4v) is 0.995. The van der Waals surface area contributed by atoms with Gasteiger partial charge in [-0.25, -0.2) is 4.79 Å². The quantitative estimate of drug-likeness (QED) is 0.635. The minimum atomic E-state index is -1.15. The number of methoxy groups -OCH3 is 1. The van der Waals surface area contributed by atoms with E-state index in [0.717, 1.165) is 0 Å². The van der Waals surface area contributed by atoms with Gasteiger partial charge >= 0.3 is 5.97 Å². The zero-order valence-corrected chi connectivity index (χ0v) is 8.69. The lowest BCUT2D eigenvalue weighted by Gasteiger charge is -2.14. The monoisotopic (exact) mass is 214 g/mol. The highest BCUT2D eigenvalue weighted by Crippen LogP contribution is 2.04. The number of nitrogens with zero attached hydrogens (tertiary/aromatic N) is 1. The molecule has 0 saturated carbocycles. The second-order valence-corrected chi connectivity index (χ2v) is 3.16. The third-order valence-corrected chi connectivity index (χ3v) is 1.72. The average Bonchev–Trinajstić information content (AvgIpc) is 2.16. The number of hydrogen-bond acceptors (Lipinski definition) is 4. The van der Waals surface area contributed by atoms with E-state index in [9.17, 15) is 9.59 Å². The van der Waals surface area contributed by atoms with Gasteiger partial charge in [0.05, 0.1) is 6.07 Å². The van der Waals surface area contributed by atoms with Crippen LogP contribution in [0.5, 0.6) is 0 Å². The van der Waals surface area contributed by atoms with Crippen LogP contribution in [0.15, 0.2) is 0 Å². The second-order valence-electron chi connectivity index (χ2n) is 3.16. The fraction of sp³-hybridized carbons (Fsp3) is 0.667. The number of carboxylic acid groups (broad SMARTS) is 1. The maximum atomic E-state index is 11.0. The van der Waals surface area contributed by atoms with Crippen molar-refractivity contribution in [3.8, 4) is 6.07 Å². The van der Waals surface area contributed by atoms with Gasteiger partial charge in [0.25, 0.3) is 0 Å². The Morgan fingerprint density at radius 1 is 1.60 bits per heavy atom. The van der Waals surface area contributed by atoms with E-state index in [1.165, 1.54) is 7.11 Å². The van der Waals surface area contributed by atoms with Crippen LogP contribution in [0.2, 0.25) is 0 Å². The number of carbonyl (C=O) groups excluding carboxylic acids is 1. The number of carboxylic acids is 1.